The Hall–Kier alpha value is -1.43. The molecule has 0 amide bonds. The van der Waals surface area contributed by atoms with E-state index in [2.05, 4.69) is 20.7 Å². The number of halogens is 2. The molecular formula is C11H10BrFO4. The molecular weight excluding hydrogens is 295 g/mol. The summed E-state index contributed by atoms with van der Waals surface area (Å²) in [4.78, 5) is 22.9. The molecule has 0 aliphatic rings. The number of esters is 1. The van der Waals surface area contributed by atoms with Gasteiger partial charge in [-0.3, -0.25) is 4.79 Å². The second kappa shape index (κ2) is 5.27. The number of hydrogen-bond donors (Lipinski definition) is 1. The maximum Gasteiger partial charge on any atom is 0.379 e. The smallest absolute Gasteiger partial charge is 0.379 e. The highest BCUT2D eigenvalue weighted by atomic mass is 79.9. The number of rotatable bonds is 3. The average molecular weight is 305 g/mol. The first-order chi connectivity index (χ1) is 7.90. The van der Waals surface area contributed by atoms with E-state index < -0.39 is 23.3 Å². The lowest BCUT2D eigenvalue weighted by Gasteiger charge is -2.09. The summed E-state index contributed by atoms with van der Waals surface area (Å²) < 4.78 is 17.9. The Labute approximate surface area is 106 Å². The first kappa shape index (κ1) is 13.6. The highest BCUT2D eigenvalue weighted by Gasteiger charge is 2.26. The second-order valence-electron chi connectivity index (χ2n) is 3.24. The van der Waals surface area contributed by atoms with Crippen molar-refractivity contribution < 1.29 is 23.8 Å². The molecule has 0 aliphatic carbocycles. The van der Waals surface area contributed by atoms with Crippen LogP contribution in [0.25, 0.3) is 0 Å². The van der Waals surface area contributed by atoms with Crippen LogP contribution in [-0.4, -0.2) is 23.5 Å². The lowest BCUT2D eigenvalue weighted by molar-refractivity contribution is -0.137. The fraction of sp³-hybridized carbons (Fsp3) is 0.273. The Kier molecular flexibility index (Phi) is 4.22. The zero-order valence-corrected chi connectivity index (χ0v) is 10.8. The van der Waals surface area contributed by atoms with Gasteiger partial charge in [0.15, 0.2) is 0 Å². The summed E-state index contributed by atoms with van der Waals surface area (Å²) in [5.74, 6) is -3.35. The van der Waals surface area contributed by atoms with Crippen molar-refractivity contribution in [2.45, 2.75) is 13.8 Å². The molecule has 0 atom stereocenters. The van der Waals surface area contributed by atoms with Crippen LogP contribution in [0.4, 0.5) is 4.39 Å². The van der Waals surface area contributed by atoms with Crippen molar-refractivity contribution in [2.24, 2.45) is 0 Å². The molecule has 0 radical (unpaired) electrons. The minimum absolute atomic E-state index is 0.00764. The number of carbonyl (C=O) groups is 2. The van der Waals surface area contributed by atoms with E-state index in [0.717, 1.165) is 6.07 Å². The van der Waals surface area contributed by atoms with Crippen LogP contribution in [0.2, 0.25) is 0 Å². The Morgan fingerprint density at radius 3 is 2.65 bits per heavy atom. The van der Waals surface area contributed by atoms with Gasteiger partial charge in [-0.1, -0.05) is 0 Å². The van der Waals surface area contributed by atoms with Crippen molar-refractivity contribution in [3.8, 4) is 5.75 Å². The fourth-order valence-corrected chi connectivity index (χ4v) is 1.68. The van der Waals surface area contributed by atoms with E-state index in [0.29, 0.717) is 0 Å². The van der Waals surface area contributed by atoms with Crippen LogP contribution in [0.5, 0.6) is 5.75 Å². The highest BCUT2D eigenvalue weighted by molar-refractivity contribution is 9.10. The van der Waals surface area contributed by atoms with Gasteiger partial charge in [0.25, 0.3) is 5.78 Å². The molecule has 0 unspecified atom stereocenters. The molecule has 0 aliphatic heterocycles. The van der Waals surface area contributed by atoms with Crippen LogP contribution in [0.15, 0.2) is 10.5 Å². The number of phenols is 1. The van der Waals surface area contributed by atoms with Gasteiger partial charge in [-0.2, -0.15) is 0 Å². The largest absolute Gasteiger partial charge is 0.506 e. The van der Waals surface area contributed by atoms with Gasteiger partial charge in [-0.25, -0.2) is 9.18 Å². The molecule has 0 aromatic heterocycles. The summed E-state index contributed by atoms with van der Waals surface area (Å²) in [6, 6.07) is 1.02. The van der Waals surface area contributed by atoms with Gasteiger partial charge in [0.2, 0.25) is 0 Å². The Bertz CT molecular complexity index is 459. The van der Waals surface area contributed by atoms with Crippen LogP contribution in [0.3, 0.4) is 0 Å². The van der Waals surface area contributed by atoms with Crippen LogP contribution in [0.1, 0.15) is 22.8 Å². The molecule has 0 fully saturated rings. The van der Waals surface area contributed by atoms with Crippen molar-refractivity contribution in [3.63, 3.8) is 0 Å². The van der Waals surface area contributed by atoms with Gasteiger partial charge in [-0.05, 0) is 41.4 Å². The quantitative estimate of drug-likeness (QED) is 0.529. The molecule has 0 spiro atoms. The predicted octanol–water partition coefficient (Wildman–Crippen LogP) is 2.35. The zero-order valence-electron chi connectivity index (χ0n) is 9.21. The first-order valence-electron chi connectivity index (χ1n) is 4.79. The maximum atomic E-state index is 13.4. The molecule has 17 heavy (non-hydrogen) atoms. The SMILES string of the molecule is CCOC(=O)C(=O)c1c(C)c(F)cc(Br)c1O. The van der Waals surface area contributed by atoms with E-state index >= 15 is 0 Å². The summed E-state index contributed by atoms with van der Waals surface area (Å²) in [6.07, 6.45) is 0. The minimum Gasteiger partial charge on any atom is -0.506 e. The number of benzene rings is 1. The van der Waals surface area contributed by atoms with Crippen LogP contribution >= 0.6 is 15.9 Å². The van der Waals surface area contributed by atoms with Gasteiger partial charge < -0.3 is 9.84 Å². The van der Waals surface area contributed by atoms with Crippen molar-refractivity contribution in [1.82, 2.24) is 0 Å². The number of aromatic hydroxyl groups is 1. The number of ether oxygens (including phenoxy) is 1. The van der Waals surface area contributed by atoms with Crippen LogP contribution in [0, 0.1) is 12.7 Å². The lowest BCUT2D eigenvalue weighted by atomic mass is 10.0. The zero-order chi connectivity index (χ0) is 13.2. The predicted molar refractivity (Wildman–Crippen MR) is 61.5 cm³/mol. The van der Waals surface area contributed by atoms with E-state index in [4.69, 9.17) is 0 Å². The van der Waals surface area contributed by atoms with E-state index in [-0.39, 0.29) is 22.2 Å². The summed E-state index contributed by atoms with van der Waals surface area (Å²) in [7, 11) is 0. The van der Waals surface area contributed by atoms with Gasteiger partial charge in [-0.15, -0.1) is 0 Å². The molecule has 1 N–H and O–H groups in total. The molecule has 4 nitrogen and oxygen atoms in total. The van der Waals surface area contributed by atoms with E-state index in [1.807, 2.05) is 0 Å². The minimum atomic E-state index is -1.12. The van der Waals surface area contributed by atoms with Crippen LogP contribution in [-0.2, 0) is 9.53 Å². The Morgan fingerprint density at radius 1 is 1.53 bits per heavy atom. The third-order valence-electron chi connectivity index (χ3n) is 2.14. The molecule has 1 aromatic rings. The third kappa shape index (κ3) is 2.63. The van der Waals surface area contributed by atoms with Crippen molar-refractivity contribution in [2.75, 3.05) is 6.61 Å². The van der Waals surface area contributed by atoms with E-state index in [9.17, 15) is 19.1 Å². The molecule has 1 rings (SSSR count). The van der Waals surface area contributed by atoms with E-state index in [1.54, 1.807) is 6.92 Å². The van der Waals surface area contributed by atoms with Gasteiger partial charge >= 0.3 is 5.97 Å². The molecule has 92 valence electrons. The first-order valence-corrected chi connectivity index (χ1v) is 5.58. The molecule has 0 saturated carbocycles. The van der Waals surface area contributed by atoms with Crippen LogP contribution < -0.4 is 0 Å². The monoisotopic (exact) mass is 304 g/mol. The van der Waals surface area contributed by atoms with Gasteiger partial charge in [0.1, 0.15) is 11.6 Å². The molecule has 6 heteroatoms. The highest BCUT2D eigenvalue weighted by Crippen LogP contribution is 2.32. The second-order valence-corrected chi connectivity index (χ2v) is 4.09. The molecule has 0 heterocycles. The van der Waals surface area contributed by atoms with Gasteiger partial charge in [0.05, 0.1) is 16.6 Å². The normalized spacial score (nSPS) is 10.1. The Balaban J connectivity index is 3.31. The summed E-state index contributed by atoms with van der Waals surface area (Å²) >= 11 is 2.89. The van der Waals surface area contributed by atoms with Crippen molar-refractivity contribution in [1.29, 1.82) is 0 Å². The number of Topliss-reactive ketones (excluding diaryl/α,β-unsaturated/α-hetero) is 1. The van der Waals surface area contributed by atoms with Crippen molar-refractivity contribution >= 4 is 27.7 Å². The lowest BCUT2D eigenvalue weighted by Crippen LogP contribution is -2.19. The standard InChI is InChI=1S/C11H10BrFO4/c1-3-17-11(16)10(15)8-5(2)7(13)4-6(12)9(8)14/h4,14H,3H2,1-2H3. The number of ketones is 1. The molecule has 1 aromatic carbocycles. The topological polar surface area (TPSA) is 63.6 Å². The number of hydrogen-bond acceptors (Lipinski definition) is 4. The Morgan fingerprint density at radius 2 is 2.12 bits per heavy atom. The van der Waals surface area contributed by atoms with E-state index in [1.165, 1.54) is 6.92 Å². The summed E-state index contributed by atoms with van der Waals surface area (Å²) in [5, 5.41) is 9.65. The van der Waals surface area contributed by atoms with Crippen molar-refractivity contribution in [3.05, 3.63) is 27.5 Å². The number of carbonyl (C=O) groups excluding carboxylic acids is 2. The van der Waals surface area contributed by atoms with Gasteiger partial charge in [0, 0.05) is 0 Å². The summed E-state index contributed by atoms with van der Waals surface area (Å²) in [6.45, 7) is 2.87. The molecule has 0 bridgehead atoms. The summed E-state index contributed by atoms with van der Waals surface area (Å²) in [5.41, 5.74) is -0.473. The third-order valence-corrected chi connectivity index (χ3v) is 2.74. The average Bonchev–Trinajstić information content (AvgIpc) is 2.27. The fourth-order valence-electron chi connectivity index (χ4n) is 1.28. The number of phenolic OH excluding ortho intramolecular Hbond substituents is 1. The maximum absolute atomic E-state index is 13.4. The molecule has 0 saturated heterocycles.